The Balaban J connectivity index is 2.76. The largest absolute Gasteiger partial charge is 0.321 e. The van der Waals surface area contributed by atoms with Gasteiger partial charge >= 0.3 is 0 Å². The maximum atomic E-state index is 10.6. The Kier molecular flexibility index (Phi) is 1.44. The lowest BCUT2D eigenvalue weighted by Gasteiger charge is -2.08. The SMILES string of the molecule is NC1CC(=O)C=CC1=O. The molecule has 9 heavy (non-hydrogen) atoms. The fourth-order valence-electron chi connectivity index (χ4n) is 0.684. The van der Waals surface area contributed by atoms with Crippen molar-refractivity contribution in [3.63, 3.8) is 0 Å². The van der Waals surface area contributed by atoms with Crippen molar-refractivity contribution in [3.05, 3.63) is 12.2 Å². The summed E-state index contributed by atoms with van der Waals surface area (Å²) < 4.78 is 0. The van der Waals surface area contributed by atoms with Gasteiger partial charge in [-0.25, -0.2) is 0 Å². The summed E-state index contributed by atoms with van der Waals surface area (Å²) >= 11 is 0. The average Bonchev–Trinajstić information content (AvgIpc) is 1.80. The van der Waals surface area contributed by atoms with E-state index in [1.165, 1.54) is 12.2 Å². The standard InChI is InChI=1S/C6H7NO2/c7-5-3-4(8)1-2-6(5)9/h1-2,5H,3,7H2. The van der Waals surface area contributed by atoms with Gasteiger partial charge in [0.25, 0.3) is 0 Å². The normalized spacial score (nSPS) is 27.0. The van der Waals surface area contributed by atoms with Gasteiger partial charge in [-0.3, -0.25) is 9.59 Å². The fourth-order valence-corrected chi connectivity index (χ4v) is 0.684. The van der Waals surface area contributed by atoms with Gasteiger partial charge in [0, 0.05) is 6.42 Å². The molecule has 0 aliphatic heterocycles. The minimum absolute atomic E-state index is 0.0675. The van der Waals surface area contributed by atoms with E-state index in [9.17, 15) is 9.59 Å². The fraction of sp³-hybridized carbons (Fsp3) is 0.333. The Labute approximate surface area is 52.5 Å². The molecule has 0 aromatic heterocycles. The number of hydrogen-bond donors (Lipinski definition) is 1. The predicted octanol–water partition coefficient (Wildman–Crippen LogP) is -0.588. The monoisotopic (exact) mass is 125 g/mol. The van der Waals surface area contributed by atoms with Crippen LogP contribution < -0.4 is 5.73 Å². The summed E-state index contributed by atoms with van der Waals surface area (Å²) in [5.74, 6) is -0.225. The summed E-state index contributed by atoms with van der Waals surface area (Å²) in [6.45, 7) is 0. The Morgan fingerprint density at radius 1 is 1.44 bits per heavy atom. The Hall–Kier alpha value is -0.960. The highest BCUT2D eigenvalue weighted by atomic mass is 16.1. The molecule has 1 aliphatic carbocycles. The first-order chi connectivity index (χ1) is 4.20. The second-order valence-corrected chi connectivity index (χ2v) is 2.01. The first-order valence-electron chi connectivity index (χ1n) is 2.70. The van der Waals surface area contributed by atoms with E-state index in [4.69, 9.17) is 5.73 Å². The minimum atomic E-state index is -0.595. The molecule has 1 aliphatic rings. The summed E-state index contributed by atoms with van der Waals surface area (Å²) in [5.41, 5.74) is 5.25. The van der Waals surface area contributed by atoms with Crippen LogP contribution in [0.4, 0.5) is 0 Å². The average molecular weight is 125 g/mol. The lowest BCUT2D eigenvalue weighted by molar-refractivity contribution is -0.122. The zero-order chi connectivity index (χ0) is 6.85. The molecule has 3 heteroatoms. The van der Waals surface area contributed by atoms with Gasteiger partial charge in [0.05, 0.1) is 6.04 Å². The molecule has 0 bridgehead atoms. The van der Waals surface area contributed by atoms with E-state index in [0.717, 1.165) is 0 Å². The molecule has 1 unspecified atom stereocenters. The highest BCUT2D eigenvalue weighted by molar-refractivity contribution is 6.07. The lowest BCUT2D eigenvalue weighted by atomic mass is 10.0. The number of allylic oxidation sites excluding steroid dienone is 1. The molecular weight excluding hydrogens is 118 g/mol. The maximum Gasteiger partial charge on any atom is 0.172 e. The molecule has 0 radical (unpaired) electrons. The van der Waals surface area contributed by atoms with Crippen LogP contribution >= 0.6 is 0 Å². The minimum Gasteiger partial charge on any atom is -0.321 e. The Morgan fingerprint density at radius 3 is 2.56 bits per heavy atom. The molecule has 3 nitrogen and oxygen atoms in total. The molecule has 0 saturated carbocycles. The zero-order valence-electron chi connectivity index (χ0n) is 4.83. The van der Waals surface area contributed by atoms with Gasteiger partial charge in [0.1, 0.15) is 0 Å². The molecule has 0 aromatic rings. The van der Waals surface area contributed by atoms with Crippen molar-refractivity contribution in [3.8, 4) is 0 Å². The summed E-state index contributed by atoms with van der Waals surface area (Å²) in [6, 6.07) is -0.595. The van der Waals surface area contributed by atoms with Gasteiger partial charge in [-0.05, 0) is 12.2 Å². The number of ketones is 2. The molecule has 1 atom stereocenters. The van der Waals surface area contributed by atoms with E-state index in [-0.39, 0.29) is 18.0 Å². The molecule has 0 aromatic carbocycles. The third-order valence-corrected chi connectivity index (χ3v) is 1.22. The van der Waals surface area contributed by atoms with Gasteiger partial charge in [-0.15, -0.1) is 0 Å². The molecular formula is C6H7NO2. The highest BCUT2D eigenvalue weighted by Crippen LogP contribution is 2.00. The maximum absolute atomic E-state index is 10.6. The van der Waals surface area contributed by atoms with Gasteiger partial charge < -0.3 is 5.73 Å². The van der Waals surface area contributed by atoms with E-state index in [0.29, 0.717) is 0 Å². The molecule has 0 saturated heterocycles. The molecule has 0 amide bonds. The summed E-state index contributed by atoms with van der Waals surface area (Å²) in [4.78, 5) is 21.1. The number of hydrogen-bond acceptors (Lipinski definition) is 3. The molecule has 48 valence electrons. The van der Waals surface area contributed by atoms with Crippen LogP contribution in [0.1, 0.15) is 6.42 Å². The van der Waals surface area contributed by atoms with Gasteiger partial charge in [-0.1, -0.05) is 0 Å². The van der Waals surface area contributed by atoms with Crippen molar-refractivity contribution in [1.82, 2.24) is 0 Å². The molecule has 1 rings (SSSR count). The van der Waals surface area contributed by atoms with Crippen molar-refractivity contribution in [2.24, 2.45) is 5.73 Å². The highest BCUT2D eigenvalue weighted by Gasteiger charge is 2.17. The van der Waals surface area contributed by atoms with Crippen LogP contribution in [-0.4, -0.2) is 17.6 Å². The van der Waals surface area contributed by atoms with Crippen molar-refractivity contribution in [2.45, 2.75) is 12.5 Å². The van der Waals surface area contributed by atoms with Crippen molar-refractivity contribution < 1.29 is 9.59 Å². The van der Waals surface area contributed by atoms with Gasteiger partial charge in [0.15, 0.2) is 11.6 Å². The van der Waals surface area contributed by atoms with Crippen LogP contribution in [0.3, 0.4) is 0 Å². The summed E-state index contributed by atoms with van der Waals surface area (Å²) in [6.07, 6.45) is 2.66. The van der Waals surface area contributed by atoms with Crippen molar-refractivity contribution >= 4 is 11.6 Å². The van der Waals surface area contributed by atoms with Crippen LogP contribution in [0.5, 0.6) is 0 Å². The van der Waals surface area contributed by atoms with Crippen LogP contribution in [0.15, 0.2) is 12.2 Å². The van der Waals surface area contributed by atoms with Crippen LogP contribution in [-0.2, 0) is 9.59 Å². The molecule has 2 N–H and O–H groups in total. The van der Waals surface area contributed by atoms with Gasteiger partial charge in [0.2, 0.25) is 0 Å². The summed E-state index contributed by atoms with van der Waals surface area (Å²) in [7, 11) is 0. The molecule has 0 heterocycles. The predicted molar refractivity (Wildman–Crippen MR) is 31.7 cm³/mol. The summed E-state index contributed by atoms with van der Waals surface area (Å²) in [5, 5.41) is 0. The van der Waals surface area contributed by atoms with E-state index in [1.54, 1.807) is 0 Å². The number of carbonyl (C=O) groups excluding carboxylic acids is 2. The zero-order valence-corrected chi connectivity index (χ0v) is 4.83. The Bertz CT molecular complexity index is 183. The van der Waals surface area contributed by atoms with Crippen LogP contribution in [0.2, 0.25) is 0 Å². The molecule has 0 fully saturated rings. The topological polar surface area (TPSA) is 60.2 Å². The third kappa shape index (κ3) is 1.23. The molecule has 0 spiro atoms. The first kappa shape index (κ1) is 6.16. The second-order valence-electron chi connectivity index (χ2n) is 2.01. The number of rotatable bonds is 0. The lowest BCUT2D eigenvalue weighted by Crippen LogP contribution is -2.33. The van der Waals surface area contributed by atoms with E-state index in [1.807, 2.05) is 0 Å². The third-order valence-electron chi connectivity index (χ3n) is 1.22. The number of nitrogens with two attached hydrogens (primary N) is 1. The van der Waals surface area contributed by atoms with E-state index < -0.39 is 6.04 Å². The van der Waals surface area contributed by atoms with Crippen molar-refractivity contribution in [2.75, 3.05) is 0 Å². The first-order valence-corrected chi connectivity index (χ1v) is 2.70. The van der Waals surface area contributed by atoms with E-state index in [2.05, 4.69) is 0 Å². The quantitative estimate of drug-likeness (QED) is 0.470. The second kappa shape index (κ2) is 2.11. The van der Waals surface area contributed by atoms with E-state index >= 15 is 0 Å². The van der Waals surface area contributed by atoms with Crippen LogP contribution in [0.25, 0.3) is 0 Å². The van der Waals surface area contributed by atoms with Gasteiger partial charge in [-0.2, -0.15) is 0 Å². The van der Waals surface area contributed by atoms with Crippen LogP contribution in [0, 0.1) is 0 Å². The number of carbonyl (C=O) groups is 2. The smallest absolute Gasteiger partial charge is 0.172 e. The van der Waals surface area contributed by atoms with Crippen molar-refractivity contribution in [1.29, 1.82) is 0 Å². The Morgan fingerprint density at radius 2 is 2.11 bits per heavy atom.